The SMILES string of the molecule is O=C(NCC1CCCNC1)c1cccn1Cc1cccs1. The van der Waals surface area contributed by atoms with Crippen LogP contribution in [0.1, 0.15) is 28.2 Å². The Morgan fingerprint density at radius 1 is 1.43 bits per heavy atom. The Labute approximate surface area is 129 Å². The first-order valence-electron chi connectivity index (χ1n) is 7.49. The largest absolute Gasteiger partial charge is 0.350 e. The lowest BCUT2D eigenvalue weighted by atomic mass is 10.00. The minimum atomic E-state index is 0.0297. The molecule has 2 aromatic heterocycles. The molecule has 0 bridgehead atoms. The van der Waals surface area contributed by atoms with E-state index in [1.165, 1.54) is 17.7 Å². The maximum absolute atomic E-state index is 12.3. The molecule has 1 saturated heterocycles. The third kappa shape index (κ3) is 3.74. The quantitative estimate of drug-likeness (QED) is 0.890. The predicted octanol–water partition coefficient (Wildman–Crippen LogP) is 2.33. The molecule has 112 valence electrons. The van der Waals surface area contributed by atoms with Crippen LogP contribution in [0.5, 0.6) is 0 Å². The van der Waals surface area contributed by atoms with Crippen molar-refractivity contribution in [2.75, 3.05) is 19.6 Å². The molecule has 0 spiro atoms. The van der Waals surface area contributed by atoms with Crippen LogP contribution >= 0.6 is 11.3 Å². The Kier molecular flexibility index (Phi) is 4.72. The number of amides is 1. The molecule has 2 N–H and O–H groups in total. The van der Waals surface area contributed by atoms with Gasteiger partial charge in [-0.2, -0.15) is 0 Å². The summed E-state index contributed by atoms with van der Waals surface area (Å²) in [5, 5.41) is 8.52. The van der Waals surface area contributed by atoms with Crippen LogP contribution in [-0.4, -0.2) is 30.1 Å². The molecular formula is C16H21N3OS. The maximum Gasteiger partial charge on any atom is 0.267 e. The van der Waals surface area contributed by atoms with E-state index in [0.717, 1.165) is 31.9 Å². The number of aromatic nitrogens is 1. The second-order valence-corrected chi connectivity index (χ2v) is 6.56. The fraction of sp³-hybridized carbons (Fsp3) is 0.438. The van der Waals surface area contributed by atoms with E-state index in [0.29, 0.717) is 5.92 Å². The molecule has 0 aliphatic carbocycles. The van der Waals surface area contributed by atoms with E-state index in [4.69, 9.17) is 0 Å². The summed E-state index contributed by atoms with van der Waals surface area (Å²) >= 11 is 1.72. The van der Waals surface area contributed by atoms with Gasteiger partial charge in [-0.3, -0.25) is 4.79 Å². The van der Waals surface area contributed by atoms with E-state index < -0.39 is 0 Å². The minimum absolute atomic E-state index is 0.0297. The van der Waals surface area contributed by atoms with Crippen molar-refractivity contribution in [2.45, 2.75) is 19.4 Å². The average Bonchev–Trinajstić information content (AvgIpc) is 3.18. The smallest absolute Gasteiger partial charge is 0.267 e. The van der Waals surface area contributed by atoms with Crippen molar-refractivity contribution in [2.24, 2.45) is 5.92 Å². The maximum atomic E-state index is 12.3. The predicted molar refractivity (Wildman–Crippen MR) is 85.8 cm³/mol. The first kappa shape index (κ1) is 14.4. The fourth-order valence-corrected chi connectivity index (χ4v) is 3.46. The number of thiophene rings is 1. The van der Waals surface area contributed by atoms with Gasteiger partial charge in [-0.1, -0.05) is 6.07 Å². The highest BCUT2D eigenvalue weighted by Gasteiger charge is 2.16. The van der Waals surface area contributed by atoms with Gasteiger partial charge in [-0.15, -0.1) is 11.3 Å². The third-order valence-corrected chi connectivity index (χ3v) is 4.78. The van der Waals surface area contributed by atoms with Crippen LogP contribution in [0, 0.1) is 5.92 Å². The molecule has 1 aliphatic heterocycles. The van der Waals surface area contributed by atoms with Crippen molar-refractivity contribution in [3.05, 3.63) is 46.4 Å². The summed E-state index contributed by atoms with van der Waals surface area (Å²) in [7, 11) is 0. The van der Waals surface area contributed by atoms with Crippen LogP contribution in [0.2, 0.25) is 0 Å². The van der Waals surface area contributed by atoms with Gasteiger partial charge in [0.1, 0.15) is 5.69 Å². The summed E-state index contributed by atoms with van der Waals surface area (Å²) in [6, 6.07) is 7.96. The third-order valence-electron chi connectivity index (χ3n) is 3.92. The summed E-state index contributed by atoms with van der Waals surface area (Å²) in [5.41, 5.74) is 0.743. The van der Waals surface area contributed by atoms with E-state index in [9.17, 15) is 4.79 Å². The zero-order chi connectivity index (χ0) is 14.5. The van der Waals surface area contributed by atoms with Crippen molar-refractivity contribution in [1.29, 1.82) is 0 Å². The summed E-state index contributed by atoms with van der Waals surface area (Å²) in [4.78, 5) is 13.6. The molecule has 0 saturated carbocycles. The zero-order valence-electron chi connectivity index (χ0n) is 12.0. The van der Waals surface area contributed by atoms with Crippen molar-refractivity contribution in [3.8, 4) is 0 Å². The van der Waals surface area contributed by atoms with Crippen molar-refractivity contribution in [3.63, 3.8) is 0 Å². The normalized spacial score (nSPS) is 18.6. The van der Waals surface area contributed by atoms with Gasteiger partial charge in [0.05, 0.1) is 6.54 Å². The highest BCUT2D eigenvalue weighted by molar-refractivity contribution is 7.09. The topological polar surface area (TPSA) is 46.1 Å². The van der Waals surface area contributed by atoms with E-state index in [1.54, 1.807) is 11.3 Å². The van der Waals surface area contributed by atoms with E-state index in [1.807, 2.05) is 29.0 Å². The number of hydrogen-bond donors (Lipinski definition) is 2. The molecule has 1 atom stereocenters. The van der Waals surface area contributed by atoms with Crippen molar-refractivity contribution < 1.29 is 4.79 Å². The molecule has 1 unspecified atom stereocenters. The number of rotatable bonds is 5. The fourth-order valence-electron chi connectivity index (χ4n) is 2.75. The first-order chi connectivity index (χ1) is 10.3. The number of nitrogens with zero attached hydrogens (tertiary/aromatic N) is 1. The van der Waals surface area contributed by atoms with Crippen LogP contribution in [0.4, 0.5) is 0 Å². The van der Waals surface area contributed by atoms with Crippen molar-refractivity contribution in [1.82, 2.24) is 15.2 Å². The van der Waals surface area contributed by atoms with E-state index >= 15 is 0 Å². The Bertz CT molecular complexity index is 570. The number of nitrogens with one attached hydrogen (secondary N) is 2. The number of piperidine rings is 1. The summed E-state index contributed by atoms with van der Waals surface area (Å²) in [5.74, 6) is 0.588. The summed E-state index contributed by atoms with van der Waals surface area (Å²) in [6.45, 7) is 3.64. The lowest BCUT2D eigenvalue weighted by molar-refractivity contribution is 0.0936. The second kappa shape index (κ2) is 6.91. The standard InChI is InChI=1S/C16H21N3OS/c20-16(18-11-13-4-1-7-17-10-13)15-6-2-8-19(15)12-14-5-3-9-21-14/h2-3,5-6,8-9,13,17H,1,4,7,10-12H2,(H,18,20). The van der Waals surface area contributed by atoms with Gasteiger partial charge in [0.2, 0.25) is 0 Å². The van der Waals surface area contributed by atoms with E-state index in [-0.39, 0.29) is 5.91 Å². The van der Waals surface area contributed by atoms with Gasteiger partial charge >= 0.3 is 0 Å². The summed E-state index contributed by atoms with van der Waals surface area (Å²) < 4.78 is 2.01. The van der Waals surface area contributed by atoms with Gasteiger partial charge in [0, 0.05) is 17.6 Å². The lowest BCUT2D eigenvalue weighted by Crippen LogP contribution is -2.38. The number of carbonyl (C=O) groups excluding carboxylic acids is 1. The number of carbonyl (C=O) groups is 1. The molecular weight excluding hydrogens is 282 g/mol. The van der Waals surface area contributed by atoms with Crippen LogP contribution < -0.4 is 10.6 Å². The Balaban J connectivity index is 1.58. The van der Waals surface area contributed by atoms with Crippen molar-refractivity contribution >= 4 is 17.2 Å². The Hall–Kier alpha value is -1.59. The van der Waals surface area contributed by atoms with Gasteiger partial charge in [0.15, 0.2) is 0 Å². The van der Waals surface area contributed by atoms with Crippen LogP contribution in [0.15, 0.2) is 35.8 Å². The number of hydrogen-bond acceptors (Lipinski definition) is 3. The highest BCUT2D eigenvalue weighted by atomic mass is 32.1. The molecule has 0 radical (unpaired) electrons. The Morgan fingerprint density at radius 2 is 2.38 bits per heavy atom. The van der Waals surface area contributed by atoms with Gasteiger partial charge < -0.3 is 15.2 Å². The van der Waals surface area contributed by atoms with Crippen LogP contribution in [0.25, 0.3) is 0 Å². The molecule has 2 aromatic rings. The van der Waals surface area contributed by atoms with Gasteiger partial charge in [-0.05, 0) is 55.4 Å². The second-order valence-electron chi connectivity index (χ2n) is 5.52. The van der Waals surface area contributed by atoms with Gasteiger partial charge in [0.25, 0.3) is 5.91 Å². The monoisotopic (exact) mass is 303 g/mol. The van der Waals surface area contributed by atoms with Gasteiger partial charge in [-0.25, -0.2) is 0 Å². The molecule has 3 rings (SSSR count). The molecule has 0 aromatic carbocycles. The highest BCUT2D eigenvalue weighted by Crippen LogP contribution is 2.13. The minimum Gasteiger partial charge on any atom is -0.350 e. The summed E-state index contributed by atoms with van der Waals surface area (Å²) in [6.07, 6.45) is 4.37. The molecule has 21 heavy (non-hydrogen) atoms. The first-order valence-corrected chi connectivity index (χ1v) is 8.37. The molecule has 3 heterocycles. The van der Waals surface area contributed by atoms with Crippen LogP contribution in [-0.2, 0) is 6.54 Å². The Morgan fingerprint density at radius 3 is 3.14 bits per heavy atom. The molecule has 5 heteroatoms. The molecule has 4 nitrogen and oxygen atoms in total. The molecule has 1 amide bonds. The molecule has 1 aliphatic rings. The lowest BCUT2D eigenvalue weighted by Gasteiger charge is -2.23. The van der Waals surface area contributed by atoms with E-state index in [2.05, 4.69) is 22.1 Å². The zero-order valence-corrected chi connectivity index (χ0v) is 12.9. The van der Waals surface area contributed by atoms with Crippen LogP contribution in [0.3, 0.4) is 0 Å². The molecule has 1 fully saturated rings. The average molecular weight is 303 g/mol.